The van der Waals surface area contributed by atoms with Gasteiger partial charge < -0.3 is 11.1 Å². The lowest BCUT2D eigenvalue weighted by Gasteiger charge is -2.25. The first kappa shape index (κ1) is 10.9. The Kier molecular flexibility index (Phi) is 4.69. The second-order valence-electron chi connectivity index (χ2n) is 4.04. The van der Waals surface area contributed by atoms with E-state index in [1.54, 1.807) is 0 Å². The summed E-state index contributed by atoms with van der Waals surface area (Å²) >= 11 is 0. The predicted molar refractivity (Wildman–Crippen MR) is 50.6 cm³/mol. The number of nitrogens with one attached hydrogen (secondary N) is 1. The second kappa shape index (κ2) is 4.73. The molecule has 2 heteroatoms. The molecule has 0 saturated heterocycles. The van der Waals surface area contributed by atoms with Crippen LogP contribution < -0.4 is 11.1 Å². The molecule has 0 heterocycles. The Bertz CT molecular complexity index is 99.7. The molecule has 3 N–H and O–H groups in total. The van der Waals surface area contributed by atoms with Crippen molar-refractivity contribution in [3.05, 3.63) is 0 Å². The Labute approximate surface area is 70.5 Å². The first-order valence-electron chi connectivity index (χ1n) is 4.45. The van der Waals surface area contributed by atoms with Gasteiger partial charge in [-0.2, -0.15) is 0 Å². The van der Waals surface area contributed by atoms with Gasteiger partial charge >= 0.3 is 0 Å². The Balaban J connectivity index is 3.52. The van der Waals surface area contributed by atoms with E-state index in [0.29, 0.717) is 11.5 Å². The third kappa shape index (κ3) is 5.22. The lowest BCUT2D eigenvalue weighted by molar-refractivity contribution is 0.314. The second-order valence-corrected chi connectivity index (χ2v) is 4.04. The summed E-state index contributed by atoms with van der Waals surface area (Å²) in [6.45, 7) is 10.6. The molecule has 0 aliphatic heterocycles. The average molecular weight is 158 g/mol. The molecule has 0 bridgehead atoms. The van der Waals surface area contributed by atoms with E-state index in [4.69, 9.17) is 5.73 Å². The fourth-order valence-corrected chi connectivity index (χ4v) is 0.659. The Morgan fingerprint density at radius 3 is 2.36 bits per heavy atom. The van der Waals surface area contributed by atoms with Crippen molar-refractivity contribution >= 4 is 0 Å². The van der Waals surface area contributed by atoms with Crippen LogP contribution in [0.15, 0.2) is 0 Å². The van der Waals surface area contributed by atoms with E-state index in [2.05, 4.69) is 33.0 Å². The van der Waals surface area contributed by atoms with Crippen LogP contribution in [-0.2, 0) is 0 Å². The summed E-state index contributed by atoms with van der Waals surface area (Å²) in [5, 5.41) is 3.40. The Hall–Kier alpha value is -0.0800. The minimum atomic E-state index is 0.406. The minimum Gasteiger partial charge on any atom is -0.329 e. The topological polar surface area (TPSA) is 38.0 Å². The van der Waals surface area contributed by atoms with Gasteiger partial charge in [-0.15, -0.1) is 0 Å². The van der Waals surface area contributed by atoms with Crippen LogP contribution in [0.3, 0.4) is 0 Å². The Morgan fingerprint density at radius 2 is 2.00 bits per heavy atom. The van der Waals surface area contributed by atoms with Crippen molar-refractivity contribution in [2.75, 3.05) is 13.1 Å². The van der Waals surface area contributed by atoms with Gasteiger partial charge in [0.25, 0.3) is 0 Å². The molecular weight excluding hydrogens is 136 g/mol. The monoisotopic (exact) mass is 158 g/mol. The molecule has 11 heavy (non-hydrogen) atoms. The molecule has 68 valence electrons. The summed E-state index contributed by atoms with van der Waals surface area (Å²) in [5.74, 6) is 0. The molecule has 0 aromatic heterocycles. The zero-order chi connectivity index (χ0) is 8.91. The standard InChI is InChI=1S/C9H22N2/c1-5-9(3,4)7-11-8(2)6-10/h8,11H,5-7,10H2,1-4H3. The average Bonchev–Trinajstić information content (AvgIpc) is 2.00. The maximum atomic E-state index is 5.48. The van der Waals surface area contributed by atoms with Gasteiger partial charge in [0.1, 0.15) is 0 Å². The van der Waals surface area contributed by atoms with Gasteiger partial charge in [-0.3, -0.25) is 0 Å². The number of rotatable bonds is 5. The van der Waals surface area contributed by atoms with Crippen LogP contribution in [0.25, 0.3) is 0 Å². The maximum Gasteiger partial charge on any atom is 0.0162 e. The van der Waals surface area contributed by atoms with E-state index in [9.17, 15) is 0 Å². The van der Waals surface area contributed by atoms with Crippen LogP contribution in [0.4, 0.5) is 0 Å². The van der Waals surface area contributed by atoms with Crippen LogP contribution >= 0.6 is 0 Å². The molecule has 0 aromatic rings. The van der Waals surface area contributed by atoms with Gasteiger partial charge in [0.2, 0.25) is 0 Å². The molecule has 0 spiro atoms. The van der Waals surface area contributed by atoms with Gasteiger partial charge in [-0.25, -0.2) is 0 Å². The molecule has 0 radical (unpaired) electrons. The zero-order valence-corrected chi connectivity index (χ0v) is 8.28. The first-order valence-corrected chi connectivity index (χ1v) is 4.45. The summed E-state index contributed by atoms with van der Waals surface area (Å²) in [6.07, 6.45) is 1.21. The molecule has 1 atom stereocenters. The minimum absolute atomic E-state index is 0.406. The molecule has 0 aliphatic rings. The van der Waals surface area contributed by atoms with Crippen molar-refractivity contribution in [1.82, 2.24) is 5.32 Å². The third-order valence-corrected chi connectivity index (χ3v) is 2.24. The first-order chi connectivity index (χ1) is 5.02. The molecular formula is C9H22N2. The number of nitrogens with two attached hydrogens (primary N) is 1. The van der Waals surface area contributed by atoms with Crippen molar-refractivity contribution in [2.45, 2.75) is 40.2 Å². The molecule has 0 fully saturated rings. The fourth-order valence-electron chi connectivity index (χ4n) is 0.659. The van der Waals surface area contributed by atoms with E-state index < -0.39 is 0 Å². The smallest absolute Gasteiger partial charge is 0.0162 e. The summed E-state index contributed by atoms with van der Waals surface area (Å²) < 4.78 is 0. The molecule has 0 aromatic carbocycles. The van der Waals surface area contributed by atoms with Crippen LogP contribution in [0, 0.1) is 5.41 Å². The normalized spacial score (nSPS) is 15.0. The van der Waals surface area contributed by atoms with Crippen molar-refractivity contribution in [2.24, 2.45) is 11.1 Å². The molecule has 1 unspecified atom stereocenters. The number of hydrogen-bond donors (Lipinski definition) is 2. The summed E-state index contributed by atoms with van der Waals surface area (Å²) in [6, 6.07) is 0.445. The third-order valence-electron chi connectivity index (χ3n) is 2.24. The van der Waals surface area contributed by atoms with Gasteiger partial charge in [0.15, 0.2) is 0 Å². The highest BCUT2D eigenvalue weighted by Gasteiger charge is 2.14. The van der Waals surface area contributed by atoms with Crippen LogP contribution in [-0.4, -0.2) is 19.1 Å². The summed E-state index contributed by atoms with van der Waals surface area (Å²) in [4.78, 5) is 0. The van der Waals surface area contributed by atoms with E-state index in [1.807, 2.05) is 0 Å². The van der Waals surface area contributed by atoms with Crippen molar-refractivity contribution in [1.29, 1.82) is 0 Å². The Morgan fingerprint density at radius 1 is 1.45 bits per heavy atom. The zero-order valence-electron chi connectivity index (χ0n) is 8.28. The van der Waals surface area contributed by atoms with Crippen molar-refractivity contribution in [3.63, 3.8) is 0 Å². The lowest BCUT2D eigenvalue weighted by atomic mass is 9.90. The van der Waals surface area contributed by atoms with Crippen molar-refractivity contribution in [3.8, 4) is 0 Å². The van der Waals surface area contributed by atoms with E-state index in [-0.39, 0.29) is 0 Å². The lowest BCUT2D eigenvalue weighted by Crippen LogP contribution is -2.39. The molecule has 0 aliphatic carbocycles. The largest absolute Gasteiger partial charge is 0.329 e. The molecule has 0 rings (SSSR count). The van der Waals surface area contributed by atoms with Crippen molar-refractivity contribution < 1.29 is 0 Å². The highest BCUT2D eigenvalue weighted by molar-refractivity contribution is 4.72. The quantitative estimate of drug-likeness (QED) is 0.634. The fraction of sp³-hybridized carbons (Fsp3) is 1.00. The van der Waals surface area contributed by atoms with E-state index >= 15 is 0 Å². The number of hydrogen-bond acceptors (Lipinski definition) is 2. The highest BCUT2D eigenvalue weighted by atomic mass is 14.9. The van der Waals surface area contributed by atoms with E-state index in [0.717, 1.165) is 13.1 Å². The van der Waals surface area contributed by atoms with E-state index in [1.165, 1.54) is 6.42 Å². The van der Waals surface area contributed by atoms with Gasteiger partial charge in [-0.1, -0.05) is 20.8 Å². The summed E-state index contributed by atoms with van der Waals surface area (Å²) in [5.41, 5.74) is 5.89. The predicted octanol–water partition coefficient (Wildman–Crippen LogP) is 1.36. The SMILES string of the molecule is CCC(C)(C)CNC(C)CN. The van der Waals surface area contributed by atoms with Gasteiger partial charge in [0.05, 0.1) is 0 Å². The van der Waals surface area contributed by atoms with Crippen LogP contribution in [0.5, 0.6) is 0 Å². The van der Waals surface area contributed by atoms with Crippen LogP contribution in [0.2, 0.25) is 0 Å². The summed E-state index contributed by atoms with van der Waals surface area (Å²) in [7, 11) is 0. The molecule has 2 nitrogen and oxygen atoms in total. The van der Waals surface area contributed by atoms with Gasteiger partial charge in [0, 0.05) is 19.1 Å². The molecule has 0 amide bonds. The molecule has 0 saturated carbocycles. The van der Waals surface area contributed by atoms with Gasteiger partial charge in [-0.05, 0) is 18.8 Å². The maximum absolute atomic E-state index is 5.48. The highest BCUT2D eigenvalue weighted by Crippen LogP contribution is 2.17. The van der Waals surface area contributed by atoms with Crippen LogP contribution in [0.1, 0.15) is 34.1 Å².